The van der Waals surface area contributed by atoms with Gasteiger partial charge in [0.1, 0.15) is 5.82 Å². The van der Waals surface area contributed by atoms with Crippen LogP contribution < -0.4 is 10.2 Å². The number of nitrogens with zero attached hydrogens (tertiary/aromatic N) is 1. The van der Waals surface area contributed by atoms with Crippen LogP contribution >= 0.6 is 0 Å². The van der Waals surface area contributed by atoms with Crippen molar-refractivity contribution in [1.82, 2.24) is 5.32 Å². The summed E-state index contributed by atoms with van der Waals surface area (Å²) in [6.07, 6.45) is 5.37. The summed E-state index contributed by atoms with van der Waals surface area (Å²) in [6, 6.07) is 7.37. The van der Waals surface area contributed by atoms with Gasteiger partial charge in [-0.2, -0.15) is 0 Å². The Kier molecular flexibility index (Phi) is 5.20. The van der Waals surface area contributed by atoms with Gasteiger partial charge in [-0.15, -0.1) is 0 Å². The second-order valence-corrected chi connectivity index (χ2v) is 5.57. The van der Waals surface area contributed by atoms with E-state index in [4.69, 9.17) is 0 Å². The third kappa shape index (κ3) is 3.93. The second-order valence-electron chi connectivity index (χ2n) is 5.57. The summed E-state index contributed by atoms with van der Waals surface area (Å²) in [5.41, 5.74) is 0.959. The fraction of sp³-hybridized carbons (Fsp3) is 0.625. The van der Waals surface area contributed by atoms with E-state index in [9.17, 15) is 4.39 Å². The van der Waals surface area contributed by atoms with Crippen molar-refractivity contribution in [2.45, 2.75) is 38.6 Å². The van der Waals surface area contributed by atoms with Crippen LogP contribution in [0.2, 0.25) is 0 Å². The molecule has 1 N–H and O–H groups in total. The van der Waals surface area contributed by atoms with E-state index in [0.717, 1.165) is 24.7 Å². The molecule has 1 saturated carbocycles. The first-order valence-electron chi connectivity index (χ1n) is 7.40. The van der Waals surface area contributed by atoms with Crippen LogP contribution in [0.15, 0.2) is 24.3 Å². The zero-order chi connectivity index (χ0) is 13.7. The second kappa shape index (κ2) is 6.90. The van der Waals surface area contributed by atoms with Crippen molar-refractivity contribution < 1.29 is 4.39 Å². The zero-order valence-corrected chi connectivity index (χ0v) is 12.0. The summed E-state index contributed by atoms with van der Waals surface area (Å²) in [5.74, 6) is 0.612. The third-order valence-corrected chi connectivity index (χ3v) is 4.15. The van der Waals surface area contributed by atoms with Gasteiger partial charge in [0.05, 0.1) is 0 Å². The van der Waals surface area contributed by atoms with Crippen molar-refractivity contribution >= 4 is 5.69 Å². The summed E-state index contributed by atoms with van der Waals surface area (Å²) in [4.78, 5) is 2.16. The Morgan fingerprint density at radius 1 is 1.37 bits per heavy atom. The van der Waals surface area contributed by atoms with Gasteiger partial charge in [-0.1, -0.05) is 25.8 Å². The van der Waals surface area contributed by atoms with Crippen LogP contribution in [-0.4, -0.2) is 26.2 Å². The van der Waals surface area contributed by atoms with E-state index < -0.39 is 0 Å². The Hall–Kier alpha value is -1.09. The first-order chi connectivity index (χ1) is 9.20. The first-order valence-corrected chi connectivity index (χ1v) is 7.40. The third-order valence-electron chi connectivity index (χ3n) is 4.15. The highest BCUT2D eigenvalue weighted by Gasteiger charge is 2.25. The number of benzene rings is 1. The van der Waals surface area contributed by atoms with E-state index in [0.29, 0.717) is 6.04 Å². The highest BCUT2D eigenvalue weighted by Crippen LogP contribution is 2.28. The molecule has 3 heteroatoms. The molecule has 1 fully saturated rings. The van der Waals surface area contributed by atoms with Crippen LogP contribution in [0.3, 0.4) is 0 Å². The van der Waals surface area contributed by atoms with Gasteiger partial charge in [0.25, 0.3) is 0 Å². The largest absolute Gasteiger partial charge is 0.373 e. The monoisotopic (exact) mass is 264 g/mol. The van der Waals surface area contributed by atoms with Gasteiger partial charge in [0, 0.05) is 25.3 Å². The van der Waals surface area contributed by atoms with Gasteiger partial charge in [-0.25, -0.2) is 4.39 Å². The highest BCUT2D eigenvalue weighted by molar-refractivity contribution is 5.45. The van der Waals surface area contributed by atoms with Gasteiger partial charge in [-0.05, 0) is 43.5 Å². The zero-order valence-electron chi connectivity index (χ0n) is 12.0. The molecule has 0 heterocycles. The maximum Gasteiger partial charge on any atom is 0.125 e. The quantitative estimate of drug-likeness (QED) is 0.847. The normalized spacial score (nSPS) is 17.6. The van der Waals surface area contributed by atoms with Gasteiger partial charge in [0.2, 0.25) is 0 Å². The number of nitrogens with one attached hydrogen (secondary N) is 1. The lowest BCUT2D eigenvalue weighted by Crippen LogP contribution is -2.44. The van der Waals surface area contributed by atoms with E-state index >= 15 is 0 Å². The van der Waals surface area contributed by atoms with Crippen molar-refractivity contribution in [3.05, 3.63) is 30.1 Å². The van der Waals surface area contributed by atoms with Crippen LogP contribution in [0, 0.1) is 11.7 Å². The molecule has 2 rings (SSSR count). The molecule has 0 aromatic heterocycles. The minimum atomic E-state index is -0.162. The molecule has 1 atom stereocenters. The number of halogens is 1. The van der Waals surface area contributed by atoms with Gasteiger partial charge in [0.15, 0.2) is 0 Å². The molecule has 0 amide bonds. The summed E-state index contributed by atoms with van der Waals surface area (Å²) in [5, 5.41) is 3.60. The molecule has 0 aliphatic heterocycles. The molecule has 1 aliphatic rings. The van der Waals surface area contributed by atoms with Crippen LogP contribution in [0.5, 0.6) is 0 Å². The van der Waals surface area contributed by atoms with Crippen molar-refractivity contribution in [2.24, 2.45) is 5.92 Å². The highest BCUT2D eigenvalue weighted by atomic mass is 19.1. The van der Waals surface area contributed by atoms with Crippen LogP contribution in [0.25, 0.3) is 0 Å². The van der Waals surface area contributed by atoms with Crippen molar-refractivity contribution in [3.8, 4) is 0 Å². The smallest absolute Gasteiger partial charge is 0.125 e. The maximum absolute atomic E-state index is 13.3. The summed E-state index contributed by atoms with van der Waals surface area (Å²) < 4.78 is 13.3. The molecular weight excluding hydrogens is 239 g/mol. The average molecular weight is 264 g/mol. The minimum Gasteiger partial charge on any atom is -0.373 e. The molecule has 19 heavy (non-hydrogen) atoms. The lowest BCUT2D eigenvalue weighted by molar-refractivity contribution is 0.367. The topological polar surface area (TPSA) is 15.3 Å². The molecule has 106 valence electrons. The van der Waals surface area contributed by atoms with Gasteiger partial charge in [-0.3, -0.25) is 0 Å². The average Bonchev–Trinajstić information content (AvgIpc) is 2.92. The number of hydrogen-bond donors (Lipinski definition) is 1. The lowest BCUT2D eigenvalue weighted by atomic mass is 9.97. The van der Waals surface area contributed by atoms with E-state index in [2.05, 4.69) is 17.1 Å². The van der Waals surface area contributed by atoms with Gasteiger partial charge < -0.3 is 10.2 Å². The Balaban J connectivity index is 1.99. The number of hydrogen-bond acceptors (Lipinski definition) is 2. The predicted molar refractivity (Wildman–Crippen MR) is 79.1 cm³/mol. The fourth-order valence-corrected chi connectivity index (χ4v) is 3.12. The van der Waals surface area contributed by atoms with Gasteiger partial charge >= 0.3 is 0 Å². The van der Waals surface area contributed by atoms with Crippen LogP contribution in [-0.2, 0) is 0 Å². The molecule has 0 bridgehead atoms. The van der Waals surface area contributed by atoms with Crippen LogP contribution in [0.4, 0.5) is 10.1 Å². The SMILES string of the molecule is CCNC(CN(C)c1cccc(F)c1)C1CCCC1. The van der Waals surface area contributed by atoms with Crippen LogP contribution in [0.1, 0.15) is 32.6 Å². The molecule has 0 saturated heterocycles. The summed E-state index contributed by atoms with van der Waals surface area (Å²) >= 11 is 0. The Bertz CT molecular complexity index is 388. The van der Waals surface area contributed by atoms with E-state index in [1.807, 2.05) is 13.1 Å². The molecule has 0 spiro atoms. The van der Waals surface area contributed by atoms with Crippen molar-refractivity contribution in [3.63, 3.8) is 0 Å². The van der Waals surface area contributed by atoms with Crippen molar-refractivity contribution in [1.29, 1.82) is 0 Å². The number of anilines is 1. The molecule has 1 unspecified atom stereocenters. The number of likely N-dealkylation sites (N-methyl/N-ethyl adjacent to an activating group) is 2. The van der Waals surface area contributed by atoms with E-state index in [1.54, 1.807) is 12.1 Å². The molecule has 1 aromatic carbocycles. The lowest BCUT2D eigenvalue weighted by Gasteiger charge is -2.30. The Morgan fingerprint density at radius 2 is 2.11 bits per heavy atom. The van der Waals surface area contributed by atoms with E-state index in [-0.39, 0.29) is 5.82 Å². The summed E-state index contributed by atoms with van der Waals surface area (Å²) in [7, 11) is 2.05. The molecule has 0 radical (unpaired) electrons. The minimum absolute atomic E-state index is 0.162. The Labute approximate surface area is 116 Å². The molecular formula is C16H25FN2. The van der Waals surface area contributed by atoms with Crippen molar-refractivity contribution in [2.75, 3.05) is 25.0 Å². The summed E-state index contributed by atoms with van der Waals surface area (Å²) in [6.45, 7) is 4.10. The standard InChI is InChI=1S/C16H25FN2/c1-3-18-16(13-7-4-5-8-13)12-19(2)15-10-6-9-14(17)11-15/h6,9-11,13,16,18H,3-5,7-8,12H2,1-2H3. The number of rotatable bonds is 6. The molecule has 1 aromatic rings. The molecule has 1 aliphatic carbocycles. The Morgan fingerprint density at radius 3 is 2.74 bits per heavy atom. The van der Waals surface area contributed by atoms with E-state index in [1.165, 1.54) is 31.7 Å². The molecule has 2 nitrogen and oxygen atoms in total. The predicted octanol–water partition coefficient (Wildman–Crippen LogP) is 3.43. The maximum atomic E-state index is 13.3. The fourth-order valence-electron chi connectivity index (χ4n) is 3.12. The first kappa shape index (κ1) is 14.3.